The first kappa shape index (κ1) is 20.8. The molecule has 3 aromatic rings. The van der Waals surface area contributed by atoms with Gasteiger partial charge in [0.05, 0.1) is 0 Å². The summed E-state index contributed by atoms with van der Waals surface area (Å²) >= 11 is 0. The summed E-state index contributed by atoms with van der Waals surface area (Å²) in [6.45, 7) is 2.06. The van der Waals surface area contributed by atoms with Crippen molar-refractivity contribution in [3.05, 3.63) is 96.1 Å². The average molecular weight is 401 g/mol. The summed E-state index contributed by atoms with van der Waals surface area (Å²) in [4.78, 5) is 38.2. The van der Waals surface area contributed by atoms with E-state index in [-0.39, 0.29) is 5.91 Å². The molecule has 0 radical (unpaired) electrons. The number of rotatable bonds is 6. The molecular formula is C24H23N3O3. The lowest BCUT2D eigenvalue weighted by molar-refractivity contribution is -0.144. The molecule has 0 aromatic heterocycles. The molecule has 3 aromatic carbocycles. The van der Waals surface area contributed by atoms with Gasteiger partial charge in [-0.3, -0.25) is 14.4 Å². The van der Waals surface area contributed by atoms with Gasteiger partial charge in [-0.2, -0.15) is 0 Å². The summed E-state index contributed by atoms with van der Waals surface area (Å²) in [7, 11) is 0. The van der Waals surface area contributed by atoms with Gasteiger partial charge in [-0.25, -0.2) is 0 Å². The maximum absolute atomic E-state index is 12.9. The predicted octanol–water partition coefficient (Wildman–Crippen LogP) is 3.81. The molecular weight excluding hydrogens is 378 g/mol. The monoisotopic (exact) mass is 401 g/mol. The third-order valence-corrected chi connectivity index (χ3v) is 4.38. The average Bonchev–Trinajstić information content (AvgIpc) is 2.75. The zero-order chi connectivity index (χ0) is 21.3. The Labute approximate surface area is 175 Å². The molecule has 0 fully saturated rings. The lowest BCUT2D eigenvalue weighted by Crippen LogP contribution is -2.38. The van der Waals surface area contributed by atoms with Gasteiger partial charge in [-0.05, 0) is 35.4 Å². The van der Waals surface area contributed by atoms with Crippen LogP contribution in [0.5, 0.6) is 0 Å². The normalized spacial score (nSPS) is 10.2. The van der Waals surface area contributed by atoms with Crippen molar-refractivity contribution in [2.24, 2.45) is 0 Å². The van der Waals surface area contributed by atoms with Gasteiger partial charge in [-0.15, -0.1) is 0 Å². The maximum Gasteiger partial charge on any atom is 0.313 e. The van der Waals surface area contributed by atoms with Gasteiger partial charge in [0.25, 0.3) is 0 Å². The molecule has 0 aliphatic heterocycles. The highest BCUT2D eigenvalue weighted by molar-refractivity contribution is 6.39. The van der Waals surface area contributed by atoms with Crippen LogP contribution in [0, 0.1) is 0 Å². The van der Waals surface area contributed by atoms with Crippen molar-refractivity contribution in [1.82, 2.24) is 4.90 Å². The van der Waals surface area contributed by atoms with Crippen molar-refractivity contribution in [1.29, 1.82) is 0 Å². The second-order valence-electron chi connectivity index (χ2n) is 6.85. The van der Waals surface area contributed by atoms with Crippen molar-refractivity contribution in [2.75, 3.05) is 10.6 Å². The Balaban J connectivity index is 1.72. The summed E-state index contributed by atoms with van der Waals surface area (Å²) in [5.74, 6) is -1.51. The van der Waals surface area contributed by atoms with Crippen LogP contribution >= 0.6 is 0 Å². The third kappa shape index (κ3) is 6.04. The van der Waals surface area contributed by atoms with Gasteiger partial charge in [0, 0.05) is 31.4 Å². The molecule has 0 saturated heterocycles. The molecule has 0 spiro atoms. The number of nitrogens with zero attached hydrogens (tertiary/aromatic N) is 1. The lowest BCUT2D eigenvalue weighted by atomic mass is 10.1. The summed E-state index contributed by atoms with van der Waals surface area (Å²) < 4.78 is 0. The Morgan fingerprint density at radius 2 is 1.10 bits per heavy atom. The fourth-order valence-electron chi connectivity index (χ4n) is 2.98. The first-order valence-electron chi connectivity index (χ1n) is 9.57. The zero-order valence-corrected chi connectivity index (χ0v) is 16.7. The van der Waals surface area contributed by atoms with Gasteiger partial charge in [0.2, 0.25) is 5.91 Å². The number of carbonyl (C=O) groups excluding carboxylic acids is 3. The van der Waals surface area contributed by atoms with E-state index in [4.69, 9.17) is 0 Å². The predicted molar refractivity (Wildman–Crippen MR) is 117 cm³/mol. The minimum atomic E-state index is -0.714. The third-order valence-electron chi connectivity index (χ3n) is 4.38. The van der Waals surface area contributed by atoms with Gasteiger partial charge >= 0.3 is 11.8 Å². The van der Waals surface area contributed by atoms with E-state index in [1.807, 2.05) is 60.7 Å². The quantitative estimate of drug-likeness (QED) is 0.617. The molecule has 0 heterocycles. The smallest absolute Gasteiger partial charge is 0.313 e. The van der Waals surface area contributed by atoms with Crippen molar-refractivity contribution >= 4 is 29.1 Å². The van der Waals surface area contributed by atoms with Crippen LogP contribution in [-0.4, -0.2) is 22.6 Å². The Bertz CT molecular complexity index is 961. The molecule has 2 N–H and O–H groups in total. The van der Waals surface area contributed by atoms with E-state index in [9.17, 15) is 14.4 Å². The van der Waals surface area contributed by atoms with Gasteiger partial charge in [-0.1, -0.05) is 60.7 Å². The van der Waals surface area contributed by atoms with Gasteiger partial charge in [0.15, 0.2) is 0 Å². The van der Waals surface area contributed by atoms with Crippen LogP contribution in [0.25, 0.3) is 0 Å². The summed E-state index contributed by atoms with van der Waals surface area (Å²) in [6.07, 6.45) is 0. The first-order chi connectivity index (χ1) is 14.5. The zero-order valence-electron chi connectivity index (χ0n) is 16.7. The SMILES string of the molecule is CC(=O)Nc1ccc(NC(=O)C(=O)N(Cc2ccccc2)Cc2ccccc2)cc1. The molecule has 3 rings (SSSR count). The highest BCUT2D eigenvalue weighted by Gasteiger charge is 2.22. The van der Waals surface area contributed by atoms with Crippen LogP contribution in [0.15, 0.2) is 84.9 Å². The standard InChI is InChI=1S/C24H23N3O3/c1-18(28)25-21-12-14-22(15-13-21)26-23(29)24(30)27(16-19-8-4-2-5-9-19)17-20-10-6-3-7-11-20/h2-15H,16-17H2,1H3,(H,25,28)(H,26,29). The second kappa shape index (κ2) is 10.0. The van der Waals surface area contributed by atoms with Gasteiger partial charge < -0.3 is 15.5 Å². The molecule has 0 aliphatic carbocycles. The van der Waals surface area contributed by atoms with E-state index >= 15 is 0 Å². The van der Waals surface area contributed by atoms with E-state index in [0.29, 0.717) is 24.5 Å². The van der Waals surface area contributed by atoms with Crippen molar-refractivity contribution < 1.29 is 14.4 Å². The first-order valence-corrected chi connectivity index (χ1v) is 9.57. The van der Waals surface area contributed by atoms with E-state index in [1.54, 1.807) is 24.3 Å². The fraction of sp³-hybridized carbons (Fsp3) is 0.125. The summed E-state index contributed by atoms with van der Waals surface area (Å²) in [6, 6.07) is 25.7. The van der Waals surface area contributed by atoms with E-state index < -0.39 is 11.8 Å². The Kier molecular flexibility index (Phi) is 6.95. The summed E-state index contributed by atoms with van der Waals surface area (Å²) in [5.41, 5.74) is 2.96. The van der Waals surface area contributed by atoms with Crippen molar-refractivity contribution in [2.45, 2.75) is 20.0 Å². The highest BCUT2D eigenvalue weighted by Crippen LogP contribution is 2.15. The van der Waals surface area contributed by atoms with Crippen LogP contribution in [-0.2, 0) is 27.5 Å². The largest absolute Gasteiger partial charge is 0.326 e. The fourth-order valence-corrected chi connectivity index (χ4v) is 2.98. The van der Waals surface area contributed by atoms with Crippen molar-refractivity contribution in [3.8, 4) is 0 Å². The molecule has 152 valence electrons. The minimum Gasteiger partial charge on any atom is -0.326 e. The molecule has 3 amide bonds. The molecule has 30 heavy (non-hydrogen) atoms. The van der Waals surface area contributed by atoms with Crippen LogP contribution in [0.3, 0.4) is 0 Å². The highest BCUT2D eigenvalue weighted by atomic mass is 16.2. The minimum absolute atomic E-state index is 0.181. The number of hydrogen-bond donors (Lipinski definition) is 2. The number of hydrogen-bond acceptors (Lipinski definition) is 3. The lowest BCUT2D eigenvalue weighted by Gasteiger charge is -2.22. The Hall–Kier alpha value is -3.93. The number of carbonyl (C=O) groups is 3. The molecule has 0 unspecified atom stereocenters. The molecule has 0 aliphatic rings. The van der Waals surface area contributed by atoms with Crippen LogP contribution in [0.4, 0.5) is 11.4 Å². The van der Waals surface area contributed by atoms with E-state index in [1.165, 1.54) is 11.8 Å². The molecule has 0 atom stereocenters. The van der Waals surface area contributed by atoms with Crippen molar-refractivity contribution in [3.63, 3.8) is 0 Å². The van der Waals surface area contributed by atoms with Crippen LogP contribution in [0.1, 0.15) is 18.1 Å². The maximum atomic E-state index is 12.9. The number of amides is 3. The number of nitrogens with one attached hydrogen (secondary N) is 2. The molecule has 0 bridgehead atoms. The Morgan fingerprint density at radius 1 is 0.667 bits per heavy atom. The van der Waals surface area contributed by atoms with Crippen LogP contribution < -0.4 is 10.6 Å². The molecule has 6 heteroatoms. The number of benzene rings is 3. The molecule has 0 saturated carbocycles. The number of anilines is 2. The van der Waals surface area contributed by atoms with Gasteiger partial charge in [0.1, 0.15) is 0 Å². The second-order valence-corrected chi connectivity index (χ2v) is 6.85. The topological polar surface area (TPSA) is 78.5 Å². The summed E-state index contributed by atoms with van der Waals surface area (Å²) in [5, 5.41) is 5.29. The Morgan fingerprint density at radius 3 is 1.53 bits per heavy atom. The van der Waals surface area contributed by atoms with E-state index in [2.05, 4.69) is 10.6 Å². The molecule has 6 nitrogen and oxygen atoms in total. The van der Waals surface area contributed by atoms with Crippen LogP contribution in [0.2, 0.25) is 0 Å². The van der Waals surface area contributed by atoms with E-state index in [0.717, 1.165) is 11.1 Å².